The molecule has 32 heavy (non-hydrogen) atoms. The van der Waals surface area contributed by atoms with Gasteiger partial charge in [0.25, 0.3) is 5.91 Å². The number of benzene rings is 2. The van der Waals surface area contributed by atoms with Gasteiger partial charge in [-0.2, -0.15) is 0 Å². The molecule has 0 radical (unpaired) electrons. The molecule has 2 unspecified atom stereocenters. The van der Waals surface area contributed by atoms with E-state index in [4.69, 9.17) is 0 Å². The lowest BCUT2D eigenvalue weighted by atomic mass is 10.0. The van der Waals surface area contributed by atoms with Crippen molar-refractivity contribution in [3.8, 4) is 11.8 Å². The second-order valence-electron chi connectivity index (χ2n) is 7.17. The minimum atomic E-state index is -1.84. The Morgan fingerprint density at radius 3 is 2.72 bits per heavy atom. The van der Waals surface area contributed by atoms with Crippen LogP contribution in [0.25, 0.3) is 0 Å². The predicted octanol–water partition coefficient (Wildman–Crippen LogP) is 3.58. The molecule has 2 atom stereocenters. The topological polar surface area (TPSA) is 99.6 Å². The Morgan fingerprint density at radius 2 is 1.97 bits per heavy atom. The molecule has 4 rings (SSSR count). The molecule has 1 aromatic heterocycles. The van der Waals surface area contributed by atoms with Gasteiger partial charge in [0.2, 0.25) is 11.2 Å². The molecule has 0 saturated heterocycles. The molecule has 0 spiro atoms. The van der Waals surface area contributed by atoms with E-state index in [2.05, 4.69) is 21.5 Å². The summed E-state index contributed by atoms with van der Waals surface area (Å²) in [6.07, 6.45) is 2.00. The number of rotatable bonds is 4. The van der Waals surface area contributed by atoms with Crippen LogP contribution >= 0.6 is 0 Å². The SMILES string of the molecule is CC(c1cccc(C(=O)O)c1)N1C(=O)c2cc(C#CCc3ccccc3)ncc2NS1=O. The van der Waals surface area contributed by atoms with E-state index in [1.165, 1.54) is 22.6 Å². The number of carbonyl (C=O) groups excluding carboxylic acids is 1. The van der Waals surface area contributed by atoms with Gasteiger partial charge in [-0.15, -0.1) is 0 Å². The number of amides is 1. The third-order valence-electron chi connectivity index (χ3n) is 5.03. The number of anilines is 1. The van der Waals surface area contributed by atoms with Crippen LogP contribution in [0.3, 0.4) is 0 Å². The third-order valence-corrected chi connectivity index (χ3v) is 6.26. The van der Waals surface area contributed by atoms with Crippen LogP contribution in [0.15, 0.2) is 66.9 Å². The van der Waals surface area contributed by atoms with Crippen molar-refractivity contribution in [1.82, 2.24) is 9.29 Å². The average Bonchev–Trinajstić information content (AvgIpc) is 2.80. The Kier molecular flexibility index (Phi) is 6.01. The number of nitrogens with one attached hydrogen (secondary N) is 1. The van der Waals surface area contributed by atoms with E-state index in [1.807, 2.05) is 30.3 Å². The molecule has 2 N–H and O–H groups in total. The maximum atomic E-state index is 13.2. The van der Waals surface area contributed by atoms with E-state index in [1.54, 1.807) is 25.1 Å². The lowest BCUT2D eigenvalue weighted by molar-refractivity contribution is 0.0696. The number of fused-ring (bicyclic) bond motifs is 1. The van der Waals surface area contributed by atoms with Gasteiger partial charge in [0.15, 0.2) is 0 Å². The fourth-order valence-electron chi connectivity index (χ4n) is 3.34. The number of aromatic carboxylic acids is 1. The van der Waals surface area contributed by atoms with Gasteiger partial charge in [-0.05, 0) is 42.2 Å². The zero-order chi connectivity index (χ0) is 22.7. The lowest BCUT2D eigenvalue weighted by Crippen LogP contribution is -2.42. The van der Waals surface area contributed by atoms with Crippen molar-refractivity contribution >= 4 is 28.7 Å². The molecule has 3 aromatic rings. The van der Waals surface area contributed by atoms with Crippen molar-refractivity contribution in [1.29, 1.82) is 0 Å². The summed E-state index contributed by atoms with van der Waals surface area (Å²) in [7, 11) is 0. The largest absolute Gasteiger partial charge is 0.478 e. The minimum absolute atomic E-state index is 0.0955. The summed E-state index contributed by atoms with van der Waals surface area (Å²) >= 11 is -1.84. The molecule has 1 aliphatic heterocycles. The van der Waals surface area contributed by atoms with Crippen LogP contribution in [0.1, 0.15) is 50.5 Å². The number of hydrogen-bond acceptors (Lipinski definition) is 4. The summed E-state index contributed by atoms with van der Waals surface area (Å²) < 4.78 is 16.7. The third kappa shape index (κ3) is 4.38. The normalized spacial score (nSPS) is 15.7. The van der Waals surface area contributed by atoms with E-state index in [0.717, 1.165) is 5.56 Å². The summed E-state index contributed by atoms with van der Waals surface area (Å²) in [5, 5.41) is 9.24. The molecular weight excluding hydrogens is 426 g/mol. The van der Waals surface area contributed by atoms with Crippen LogP contribution in [0.4, 0.5) is 5.69 Å². The first-order valence-corrected chi connectivity index (χ1v) is 10.9. The highest BCUT2D eigenvalue weighted by atomic mass is 32.2. The maximum Gasteiger partial charge on any atom is 0.335 e. The molecule has 1 aliphatic rings. The van der Waals surface area contributed by atoms with Gasteiger partial charge in [0.1, 0.15) is 5.69 Å². The van der Waals surface area contributed by atoms with Gasteiger partial charge in [0.05, 0.1) is 29.1 Å². The number of carboxylic acids is 1. The predicted molar refractivity (Wildman–Crippen MR) is 121 cm³/mol. The van der Waals surface area contributed by atoms with Gasteiger partial charge >= 0.3 is 5.97 Å². The number of nitrogens with zero attached hydrogens (tertiary/aromatic N) is 2. The molecule has 0 bridgehead atoms. The average molecular weight is 446 g/mol. The molecule has 0 fully saturated rings. The summed E-state index contributed by atoms with van der Waals surface area (Å²) in [6.45, 7) is 1.70. The lowest BCUT2D eigenvalue weighted by Gasteiger charge is -2.32. The Hall–Kier alpha value is -3.96. The smallest absolute Gasteiger partial charge is 0.335 e. The van der Waals surface area contributed by atoms with Crippen molar-refractivity contribution < 1.29 is 18.9 Å². The van der Waals surface area contributed by atoms with Crippen LogP contribution in [0.5, 0.6) is 0 Å². The number of pyridine rings is 1. The highest BCUT2D eigenvalue weighted by Gasteiger charge is 2.34. The van der Waals surface area contributed by atoms with E-state index in [-0.39, 0.29) is 5.56 Å². The van der Waals surface area contributed by atoms with Crippen molar-refractivity contribution in [3.63, 3.8) is 0 Å². The maximum absolute atomic E-state index is 13.2. The van der Waals surface area contributed by atoms with Crippen LogP contribution < -0.4 is 4.72 Å². The van der Waals surface area contributed by atoms with Gasteiger partial charge in [0, 0.05) is 6.42 Å². The summed E-state index contributed by atoms with van der Waals surface area (Å²) in [5.74, 6) is 4.51. The molecule has 0 saturated carbocycles. The van der Waals surface area contributed by atoms with Crippen LogP contribution in [-0.2, 0) is 17.6 Å². The highest BCUT2D eigenvalue weighted by molar-refractivity contribution is 7.84. The molecule has 7 nitrogen and oxygen atoms in total. The number of carbonyl (C=O) groups is 2. The van der Waals surface area contributed by atoms with E-state index in [0.29, 0.717) is 28.9 Å². The van der Waals surface area contributed by atoms with Gasteiger partial charge < -0.3 is 5.11 Å². The summed E-state index contributed by atoms with van der Waals surface area (Å²) in [4.78, 5) is 28.7. The Bertz CT molecular complexity index is 1280. The first-order chi connectivity index (χ1) is 15.4. The van der Waals surface area contributed by atoms with Crippen LogP contribution in [0.2, 0.25) is 0 Å². The van der Waals surface area contributed by atoms with E-state index in [9.17, 15) is 18.9 Å². The molecular formula is C24H19N3O4S. The highest BCUT2D eigenvalue weighted by Crippen LogP contribution is 2.31. The quantitative estimate of drug-likeness (QED) is 0.598. The van der Waals surface area contributed by atoms with Gasteiger partial charge in [-0.3, -0.25) is 9.52 Å². The Labute approximate surface area is 187 Å². The zero-order valence-corrected chi connectivity index (χ0v) is 17.9. The monoisotopic (exact) mass is 445 g/mol. The van der Waals surface area contributed by atoms with Crippen molar-refractivity contribution in [2.45, 2.75) is 19.4 Å². The van der Waals surface area contributed by atoms with E-state index < -0.39 is 29.1 Å². The fourth-order valence-corrected chi connectivity index (χ4v) is 4.45. The number of hydrogen-bond donors (Lipinski definition) is 2. The van der Waals surface area contributed by atoms with Gasteiger partial charge in [-0.25, -0.2) is 18.3 Å². The standard InChI is InChI=1S/C24H19N3O4S/c1-16(18-10-6-11-19(13-18)24(29)30)27-23(28)21-14-20(25-15-22(21)26-32(27)31)12-5-9-17-7-3-2-4-8-17/h2-4,6-8,10-11,13-16,26H,9H2,1H3,(H,29,30). The molecule has 160 valence electrons. The number of aromatic nitrogens is 1. The second kappa shape index (κ2) is 9.04. The molecule has 1 amide bonds. The number of carboxylic acid groups (broad SMARTS) is 1. The molecule has 2 aromatic carbocycles. The zero-order valence-electron chi connectivity index (χ0n) is 17.1. The fraction of sp³-hybridized carbons (Fsp3) is 0.125. The Balaban J connectivity index is 1.60. The molecule has 2 heterocycles. The van der Waals surface area contributed by atoms with Crippen molar-refractivity contribution in [2.24, 2.45) is 0 Å². The first-order valence-electron chi connectivity index (χ1n) is 9.82. The van der Waals surface area contributed by atoms with Crippen LogP contribution in [0, 0.1) is 11.8 Å². The minimum Gasteiger partial charge on any atom is -0.478 e. The van der Waals surface area contributed by atoms with Gasteiger partial charge in [-0.1, -0.05) is 48.4 Å². The second-order valence-corrected chi connectivity index (χ2v) is 8.26. The molecule has 0 aliphatic carbocycles. The van der Waals surface area contributed by atoms with E-state index >= 15 is 0 Å². The summed E-state index contributed by atoms with van der Waals surface area (Å²) in [5.41, 5.74) is 2.85. The van der Waals surface area contributed by atoms with Crippen molar-refractivity contribution in [2.75, 3.05) is 4.72 Å². The van der Waals surface area contributed by atoms with Crippen LogP contribution in [-0.4, -0.2) is 30.5 Å². The molecule has 8 heteroatoms. The van der Waals surface area contributed by atoms with Crippen molar-refractivity contribution in [3.05, 3.63) is 94.8 Å². The Morgan fingerprint density at radius 1 is 1.19 bits per heavy atom. The summed E-state index contributed by atoms with van der Waals surface area (Å²) in [6, 6.07) is 17.0. The first kappa shape index (κ1) is 21.3.